The molecule has 1 unspecified atom stereocenters. The number of carbonyl (C=O) groups is 1. The third-order valence-electron chi connectivity index (χ3n) is 10.6. The predicted molar refractivity (Wildman–Crippen MR) is 247 cm³/mol. The number of thiazole rings is 2. The molecule has 0 bridgehead atoms. The van der Waals surface area contributed by atoms with Crippen molar-refractivity contribution >= 4 is 107 Å². The minimum atomic E-state index is -0.158. The van der Waals surface area contributed by atoms with Crippen molar-refractivity contribution < 1.29 is 4.79 Å². The lowest BCUT2D eigenvalue weighted by molar-refractivity contribution is -0.120. The third kappa shape index (κ3) is 7.62. The molecule has 4 N–H and O–H groups in total. The predicted octanol–water partition coefficient (Wildman–Crippen LogP) is 13.3. The number of benzene rings is 4. The molecular weight excluding hydrogens is 802 g/mol. The fourth-order valence-electron chi connectivity index (χ4n) is 7.66. The third-order valence-corrected chi connectivity index (χ3v) is 13.2. The van der Waals surface area contributed by atoms with Gasteiger partial charge in [0, 0.05) is 27.1 Å². The first kappa shape index (κ1) is 39.7. The van der Waals surface area contributed by atoms with E-state index >= 15 is 0 Å². The van der Waals surface area contributed by atoms with Crippen LogP contribution < -0.4 is 11.1 Å². The summed E-state index contributed by atoms with van der Waals surface area (Å²) < 4.78 is 1.96. The Labute approximate surface area is 356 Å². The topological polar surface area (TPSA) is 121 Å². The summed E-state index contributed by atoms with van der Waals surface area (Å²) in [6.45, 7) is 12.5. The molecule has 7 aromatic rings. The van der Waals surface area contributed by atoms with Crippen LogP contribution in [0.1, 0.15) is 72.4 Å². The molecule has 0 fully saturated rings. The van der Waals surface area contributed by atoms with Crippen molar-refractivity contribution in [3.05, 3.63) is 116 Å². The van der Waals surface area contributed by atoms with Gasteiger partial charge >= 0.3 is 0 Å². The maximum atomic E-state index is 14.1. The second kappa shape index (κ2) is 16.3. The number of unbranched alkanes of at least 4 members (excludes halogenated alkanes) is 1. The van der Waals surface area contributed by atoms with Gasteiger partial charge in [0.25, 0.3) is 0 Å². The molecule has 0 radical (unpaired) electrons. The van der Waals surface area contributed by atoms with E-state index in [-0.39, 0.29) is 11.8 Å². The van der Waals surface area contributed by atoms with E-state index in [0.717, 1.165) is 106 Å². The Bertz CT molecular complexity index is 2860. The second-order valence-electron chi connectivity index (χ2n) is 14.9. The van der Waals surface area contributed by atoms with E-state index in [0.29, 0.717) is 38.9 Å². The van der Waals surface area contributed by atoms with Gasteiger partial charge in [0.2, 0.25) is 5.91 Å². The maximum Gasteiger partial charge on any atom is 0.228 e. The highest BCUT2D eigenvalue weighted by Gasteiger charge is 2.32. The molecule has 4 aromatic carbocycles. The van der Waals surface area contributed by atoms with Gasteiger partial charge in [-0.15, -0.1) is 22.7 Å². The first-order valence-corrected chi connectivity index (χ1v) is 21.8. The van der Waals surface area contributed by atoms with E-state index in [2.05, 4.69) is 88.2 Å². The van der Waals surface area contributed by atoms with E-state index in [1.165, 1.54) is 11.3 Å². The van der Waals surface area contributed by atoms with Crippen LogP contribution in [0.15, 0.2) is 82.8 Å². The van der Waals surface area contributed by atoms with E-state index in [1.54, 1.807) is 11.3 Å². The largest absolute Gasteiger partial charge is 0.383 e. The number of amides is 1. The number of fused-ring (bicyclic) bond motifs is 2. The van der Waals surface area contributed by atoms with Gasteiger partial charge in [-0.1, -0.05) is 97.4 Å². The average molecular weight is 845 g/mol. The molecule has 0 spiro atoms. The van der Waals surface area contributed by atoms with E-state index < -0.39 is 0 Å². The van der Waals surface area contributed by atoms with Crippen LogP contribution in [-0.4, -0.2) is 32.5 Å². The Morgan fingerprint density at radius 1 is 0.793 bits per heavy atom. The van der Waals surface area contributed by atoms with Crippen LogP contribution in [0.25, 0.3) is 53.3 Å². The summed E-state index contributed by atoms with van der Waals surface area (Å²) in [6.07, 6.45) is 3.49. The molecule has 1 aliphatic rings. The summed E-state index contributed by atoms with van der Waals surface area (Å²) in [6, 6.07) is 24.1. The number of amidine groups is 2. The number of rotatable bonds is 11. The Hall–Kier alpha value is -5.13. The van der Waals surface area contributed by atoms with Crippen LogP contribution in [0.2, 0.25) is 10.0 Å². The molecule has 1 aliphatic heterocycles. The summed E-state index contributed by atoms with van der Waals surface area (Å²) >= 11 is 15.9. The zero-order valence-corrected chi connectivity index (χ0v) is 36.3. The fourth-order valence-corrected chi connectivity index (χ4v) is 10.0. The van der Waals surface area contributed by atoms with Crippen LogP contribution in [-0.2, 0) is 4.79 Å². The standard InChI is InChI=1S/C46H43Cl2N7OS2/c1-7-9-10-27(8-2)44(56)55-43-39(46-51-33-22-29(48)14-18-35(33)58-46)37(31-16-12-24(4)20-26(31)6)42(54-43)53-41-36(30-15-11-23(3)19-25(30)5)38(40(49)52-41)45-50-32-21-28(47)13-17-34(32)57-45/h11-22,27,54H,7-10H2,1-6H3,(H,55,56)(H2,49,52,53). The molecule has 4 heterocycles. The first-order chi connectivity index (χ1) is 27.9. The van der Waals surface area contributed by atoms with Crippen LogP contribution in [0.4, 0.5) is 11.6 Å². The molecule has 294 valence electrons. The Kier molecular flexibility index (Phi) is 11.1. The van der Waals surface area contributed by atoms with Crippen molar-refractivity contribution in [1.82, 2.24) is 15.0 Å². The number of aromatic amines is 1. The lowest BCUT2D eigenvalue weighted by atomic mass is 9.94. The highest BCUT2D eigenvalue weighted by atomic mass is 35.5. The van der Waals surface area contributed by atoms with Crippen molar-refractivity contribution in [2.75, 3.05) is 5.32 Å². The van der Waals surface area contributed by atoms with Gasteiger partial charge in [-0.25, -0.2) is 20.0 Å². The van der Waals surface area contributed by atoms with Gasteiger partial charge < -0.3 is 16.0 Å². The normalized spacial score (nSPS) is 14.3. The summed E-state index contributed by atoms with van der Waals surface area (Å²) in [4.78, 5) is 38.3. The van der Waals surface area contributed by atoms with Gasteiger partial charge in [-0.2, -0.15) is 0 Å². The van der Waals surface area contributed by atoms with Crippen molar-refractivity contribution in [2.45, 2.75) is 67.2 Å². The Morgan fingerprint density at radius 2 is 1.40 bits per heavy atom. The molecule has 3 aromatic heterocycles. The molecule has 58 heavy (non-hydrogen) atoms. The summed E-state index contributed by atoms with van der Waals surface area (Å²) in [5.41, 5.74) is 17.7. The number of aryl methyl sites for hydroxylation is 4. The van der Waals surface area contributed by atoms with E-state index in [9.17, 15) is 4.79 Å². The maximum absolute atomic E-state index is 14.1. The second-order valence-corrected chi connectivity index (χ2v) is 17.9. The monoisotopic (exact) mass is 843 g/mol. The van der Waals surface area contributed by atoms with E-state index in [1.807, 2.05) is 36.4 Å². The number of nitrogens with two attached hydrogens (primary N) is 1. The van der Waals surface area contributed by atoms with Crippen molar-refractivity contribution in [3.8, 4) is 21.7 Å². The summed E-state index contributed by atoms with van der Waals surface area (Å²) in [7, 11) is 0. The molecule has 12 heteroatoms. The van der Waals surface area contributed by atoms with Crippen molar-refractivity contribution in [1.29, 1.82) is 0 Å². The lowest BCUT2D eigenvalue weighted by Crippen LogP contribution is -2.22. The molecule has 0 aliphatic carbocycles. The minimum absolute atomic E-state index is 0.0498. The van der Waals surface area contributed by atoms with Gasteiger partial charge in [-0.05, 0) is 99.2 Å². The number of aliphatic imine (C=N–C) groups is 2. The van der Waals surface area contributed by atoms with Gasteiger partial charge in [0.05, 0.1) is 31.6 Å². The molecule has 0 saturated carbocycles. The summed E-state index contributed by atoms with van der Waals surface area (Å²) in [5, 5.41) is 5.97. The number of aromatic nitrogens is 3. The molecular formula is C46H43Cl2N7OS2. The van der Waals surface area contributed by atoms with Crippen molar-refractivity contribution in [2.24, 2.45) is 21.6 Å². The molecule has 1 amide bonds. The van der Waals surface area contributed by atoms with Gasteiger partial charge in [0.1, 0.15) is 27.5 Å². The number of H-pyrrole nitrogens is 1. The number of anilines is 1. The van der Waals surface area contributed by atoms with Crippen molar-refractivity contribution in [3.63, 3.8) is 0 Å². The van der Waals surface area contributed by atoms with Crippen LogP contribution in [0.5, 0.6) is 0 Å². The Balaban J connectivity index is 1.41. The Morgan fingerprint density at radius 3 is 2.00 bits per heavy atom. The SMILES string of the molecule is CCCCC(CC)C(=O)Nc1[nH]c(/N=C2\N=C(N)C(c3nc4cc(Cl)ccc4s3)=C2c2ccc(C)cc2C)c(-c2ccc(C)cc2C)c1-c1nc2cc(Cl)ccc2s1. The first-order valence-electron chi connectivity index (χ1n) is 19.4. The molecule has 1 atom stereocenters. The highest BCUT2D eigenvalue weighted by Crippen LogP contribution is 2.49. The lowest BCUT2D eigenvalue weighted by Gasteiger charge is -2.15. The number of hydrogen-bond acceptors (Lipinski definition) is 7. The van der Waals surface area contributed by atoms with Crippen LogP contribution in [0, 0.1) is 33.6 Å². The minimum Gasteiger partial charge on any atom is -0.383 e. The zero-order valence-electron chi connectivity index (χ0n) is 33.2. The summed E-state index contributed by atoms with van der Waals surface area (Å²) in [5.74, 6) is 1.58. The molecule has 8 nitrogen and oxygen atoms in total. The number of nitrogens with zero attached hydrogens (tertiary/aromatic N) is 4. The number of nitrogens with one attached hydrogen (secondary N) is 2. The molecule has 0 saturated heterocycles. The number of hydrogen-bond donors (Lipinski definition) is 3. The highest BCUT2D eigenvalue weighted by molar-refractivity contribution is 7.21. The zero-order chi connectivity index (χ0) is 40.8. The number of halogens is 2. The smallest absolute Gasteiger partial charge is 0.228 e. The van der Waals surface area contributed by atoms with E-state index in [4.69, 9.17) is 48.9 Å². The van der Waals surface area contributed by atoms with Crippen LogP contribution in [0.3, 0.4) is 0 Å². The quantitative estimate of drug-likeness (QED) is 0.120. The number of carbonyl (C=O) groups excluding carboxylic acids is 1. The average Bonchev–Trinajstić information content (AvgIpc) is 3.94. The fraction of sp³-hybridized carbons (Fsp3) is 0.239. The van der Waals surface area contributed by atoms with Gasteiger partial charge in [-0.3, -0.25) is 4.79 Å². The molecule has 8 rings (SSSR count). The van der Waals surface area contributed by atoms with Crippen LogP contribution >= 0.6 is 45.9 Å². The van der Waals surface area contributed by atoms with Gasteiger partial charge in [0.15, 0.2) is 5.84 Å².